The minimum Gasteiger partial charge on any atom is -0.497 e. The number of nitrogens with zero attached hydrogens (tertiary/aromatic N) is 1. The van der Waals surface area contributed by atoms with Gasteiger partial charge in [-0.15, -0.1) is 11.3 Å². The number of rotatable bonds is 6. The molecule has 0 saturated heterocycles. The second-order valence-corrected chi connectivity index (χ2v) is 8.99. The number of aromatic nitrogens is 1. The molecule has 0 unspecified atom stereocenters. The predicted molar refractivity (Wildman–Crippen MR) is 130 cm³/mol. The van der Waals surface area contributed by atoms with Crippen LogP contribution in [0.1, 0.15) is 21.0 Å². The molecule has 0 aliphatic heterocycles. The summed E-state index contributed by atoms with van der Waals surface area (Å²) in [6, 6.07) is 18.4. The van der Waals surface area contributed by atoms with E-state index in [0.29, 0.717) is 32.5 Å². The number of carbonyl (C=O) groups is 1. The number of amides is 1. The molecule has 33 heavy (non-hydrogen) atoms. The van der Waals surface area contributed by atoms with Gasteiger partial charge in [-0.05, 0) is 42.5 Å². The molecule has 0 bridgehead atoms. The third kappa shape index (κ3) is 4.13. The van der Waals surface area contributed by atoms with Gasteiger partial charge < -0.3 is 19.0 Å². The van der Waals surface area contributed by atoms with Gasteiger partial charge in [-0.3, -0.25) is 9.59 Å². The van der Waals surface area contributed by atoms with E-state index in [0.717, 1.165) is 15.5 Å². The van der Waals surface area contributed by atoms with E-state index >= 15 is 0 Å². The van der Waals surface area contributed by atoms with Crippen LogP contribution < -0.4 is 10.3 Å². The van der Waals surface area contributed by atoms with Gasteiger partial charge in [0.15, 0.2) is 0 Å². The summed E-state index contributed by atoms with van der Waals surface area (Å²) in [4.78, 5) is 31.3. The summed E-state index contributed by atoms with van der Waals surface area (Å²) in [5.41, 5.74) is 0.890. The quantitative estimate of drug-likeness (QED) is 0.332. The highest BCUT2D eigenvalue weighted by Gasteiger charge is 2.24. The van der Waals surface area contributed by atoms with E-state index in [1.165, 1.54) is 11.3 Å². The number of methoxy groups -OCH3 is 1. The van der Waals surface area contributed by atoms with Crippen LogP contribution in [0.25, 0.3) is 21.0 Å². The van der Waals surface area contributed by atoms with Crippen molar-refractivity contribution in [2.45, 2.75) is 13.1 Å². The molecule has 1 amide bonds. The Bertz CT molecular complexity index is 1520. The zero-order valence-electron chi connectivity index (χ0n) is 17.6. The second-order valence-electron chi connectivity index (χ2n) is 7.56. The molecule has 5 aromatic rings. The minimum atomic E-state index is -0.261. The first-order valence-electron chi connectivity index (χ1n) is 10.2. The first-order chi connectivity index (χ1) is 16.0. The van der Waals surface area contributed by atoms with Crippen molar-refractivity contribution < 1.29 is 13.9 Å². The van der Waals surface area contributed by atoms with Crippen LogP contribution in [0.15, 0.2) is 76.1 Å². The van der Waals surface area contributed by atoms with E-state index in [2.05, 4.69) is 4.98 Å². The van der Waals surface area contributed by atoms with E-state index in [4.69, 9.17) is 20.8 Å². The van der Waals surface area contributed by atoms with Gasteiger partial charge in [-0.2, -0.15) is 0 Å². The lowest BCUT2D eigenvalue weighted by Crippen LogP contribution is -2.32. The maximum Gasteiger partial charge on any atom is 0.266 e. The Kier molecular flexibility index (Phi) is 5.66. The van der Waals surface area contributed by atoms with Crippen molar-refractivity contribution in [1.82, 2.24) is 9.88 Å². The molecule has 8 heteroatoms. The average molecular weight is 479 g/mol. The third-order valence-electron chi connectivity index (χ3n) is 5.43. The first-order valence-corrected chi connectivity index (χ1v) is 11.4. The van der Waals surface area contributed by atoms with Crippen LogP contribution in [-0.4, -0.2) is 22.9 Å². The summed E-state index contributed by atoms with van der Waals surface area (Å²) in [5, 5.41) is 2.07. The molecule has 0 fully saturated rings. The lowest BCUT2D eigenvalue weighted by molar-refractivity contribution is 0.0722. The highest BCUT2D eigenvalue weighted by atomic mass is 35.5. The Balaban J connectivity index is 1.55. The van der Waals surface area contributed by atoms with E-state index in [1.807, 2.05) is 30.3 Å². The Morgan fingerprint density at radius 2 is 1.97 bits per heavy atom. The molecule has 3 aromatic heterocycles. The van der Waals surface area contributed by atoms with Crippen LogP contribution in [0, 0.1) is 0 Å². The van der Waals surface area contributed by atoms with E-state index in [-0.39, 0.29) is 24.6 Å². The smallest absolute Gasteiger partial charge is 0.266 e. The Morgan fingerprint density at radius 3 is 2.73 bits per heavy atom. The molecule has 3 heterocycles. The van der Waals surface area contributed by atoms with Crippen molar-refractivity contribution in [3.8, 4) is 5.75 Å². The summed E-state index contributed by atoms with van der Waals surface area (Å²) < 4.78 is 11.7. The number of ether oxygens (including phenoxy) is 1. The molecule has 1 N–H and O–H groups in total. The summed E-state index contributed by atoms with van der Waals surface area (Å²) in [5.74, 6) is 1.03. The maximum absolute atomic E-state index is 13.6. The van der Waals surface area contributed by atoms with Crippen LogP contribution in [0.5, 0.6) is 5.75 Å². The largest absolute Gasteiger partial charge is 0.497 e. The molecule has 6 nitrogen and oxygen atoms in total. The van der Waals surface area contributed by atoms with Crippen molar-refractivity contribution in [3.63, 3.8) is 0 Å². The van der Waals surface area contributed by atoms with E-state index < -0.39 is 0 Å². The van der Waals surface area contributed by atoms with Crippen molar-refractivity contribution in [3.05, 3.63) is 98.5 Å². The first kappa shape index (κ1) is 21.3. The predicted octanol–water partition coefficient (Wildman–Crippen LogP) is 5.84. The molecule has 0 radical (unpaired) electrons. The summed E-state index contributed by atoms with van der Waals surface area (Å²) >= 11 is 7.92. The van der Waals surface area contributed by atoms with Gasteiger partial charge in [0.25, 0.3) is 11.5 Å². The van der Waals surface area contributed by atoms with Crippen LogP contribution in [0.2, 0.25) is 5.02 Å². The minimum absolute atomic E-state index is 0.0899. The number of furan rings is 1. The number of hydrogen-bond donors (Lipinski definition) is 1. The summed E-state index contributed by atoms with van der Waals surface area (Å²) in [6.45, 7) is 0.290. The number of halogens is 1. The van der Waals surface area contributed by atoms with Crippen molar-refractivity contribution in [1.29, 1.82) is 0 Å². The lowest BCUT2D eigenvalue weighted by atomic mass is 10.1. The lowest BCUT2D eigenvalue weighted by Gasteiger charge is -2.21. The number of H-pyrrole nitrogens is 1. The molecule has 0 atom stereocenters. The number of fused-ring (bicyclic) bond motifs is 2. The summed E-state index contributed by atoms with van der Waals surface area (Å²) in [6.07, 6.45) is 1.56. The van der Waals surface area contributed by atoms with Crippen LogP contribution in [-0.2, 0) is 13.1 Å². The maximum atomic E-state index is 13.6. The molecule has 2 aromatic carbocycles. The highest BCUT2D eigenvalue weighted by Crippen LogP contribution is 2.36. The second kappa shape index (κ2) is 8.77. The van der Waals surface area contributed by atoms with Gasteiger partial charge in [-0.1, -0.05) is 29.8 Å². The van der Waals surface area contributed by atoms with Crippen molar-refractivity contribution in [2.75, 3.05) is 7.11 Å². The van der Waals surface area contributed by atoms with Crippen molar-refractivity contribution in [2.24, 2.45) is 0 Å². The van der Waals surface area contributed by atoms with Crippen LogP contribution >= 0.6 is 22.9 Å². The number of thiophene rings is 1. The third-order valence-corrected chi connectivity index (χ3v) is 7.10. The van der Waals surface area contributed by atoms with Gasteiger partial charge in [-0.25, -0.2) is 0 Å². The fourth-order valence-corrected chi connectivity index (χ4v) is 5.25. The van der Waals surface area contributed by atoms with Gasteiger partial charge in [0.2, 0.25) is 0 Å². The SMILES string of the molecule is COc1ccc2[nH]c(=O)c(CN(Cc3ccco3)C(=O)c3sc4ccccc4c3Cl)cc2c1. The molecular weight excluding hydrogens is 460 g/mol. The van der Waals surface area contributed by atoms with Crippen molar-refractivity contribution >= 4 is 49.8 Å². The molecule has 0 aliphatic carbocycles. The Hall–Kier alpha value is -3.55. The van der Waals surface area contributed by atoms with Gasteiger partial charge in [0.05, 0.1) is 31.5 Å². The van der Waals surface area contributed by atoms with E-state index in [9.17, 15) is 9.59 Å². The zero-order valence-corrected chi connectivity index (χ0v) is 19.2. The number of benzene rings is 2. The normalized spacial score (nSPS) is 11.2. The molecule has 0 aliphatic rings. The van der Waals surface area contributed by atoms with Crippen LogP contribution in [0.3, 0.4) is 0 Å². The fraction of sp³-hybridized carbons (Fsp3) is 0.120. The molecular formula is C25H19ClN2O4S. The monoisotopic (exact) mass is 478 g/mol. The Labute approximate surface area is 198 Å². The Morgan fingerprint density at radius 1 is 1.12 bits per heavy atom. The van der Waals surface area contributed by atoms with Crippen LogP contribution in [0.4, 0.5) is 0 Å². The number of nitrogens with one attached hydrogen (secondary N) is 1. The fourth-order valence-electron chi connectivity index (χ4n) is 3.77. The number of aromatic amines is 1. The molecule has 0 spiro atoms. The average Bonchev–Trinajstić information content (AvgIpc) is 3.46. The van der Waals surface area contributed by atoms with E-state index in [1.54, 1.807) is 48.6 Å². The number of pyridine rings is 1. The topological polar surface area (TPSA) is 75.5 Å². The van der Waals surface area contributed by atoms with Gasteiger partial charge in [0, 0.05) is 26.6 Å². The van der Waals surface area contributed by atoms with Gasteiger partial charge >= 0.3 is 0 Å². The van der Waals surface area contributed by atoms with Gasteiger partial charge in [0.1, 0.15) is 16.4 Å². The molecule has 5 rings (SSSR count). The number of carbonyl (C=O) groups excluding carboxylic acids is 1. The summed E-state index contributed by atoms with van der Waals surface area (Å²) in [7, 11) is 1.59. The zero-order chi connectivity index (χ0) is 22.9. The standard InChI is InChI=1S/C25H19ClN2O4S/c1-31-17-8-9-20-15(12-17)11-16(24(29)27-20)13-28(14-18-5-4-10-32-18)25(30)23-22(26)19-6-2-3-7-21(19)33-23/h2-12H,13-14H2,1H3,(H,27,29). The highest BCUT2D eigenvalue weighted by molar-refractivity contribution is 7.21. The molecule has 166 valence electrons. The molecule has 0 saturated carbocycles. The number of hydrogen-bond acceptors (Lipinski definition) is 5.